The Morgan fingerprint density at radius 3 is 2.42 bits per heavy atom. The fourth-order valence-electron chi connectivity index (χ4n) is 3.22. The highest BCUT2D eigenvalue weighted by Gasteiger charge is 2.17. The molecular weight excluding hydrogens is 431 g/mol. The fraction of sp³-hybridized carbons (Fsp3) is 0.417. The van der Waals surface area contributed by atoms with E-state index >= 15 is 0 Å². The van der Waals surface area contributed by atoms with E-state index in [4.69, 9.17) is 11.0 Å². The van der Waals surface area contributed by atoms with Gasteiger partial charge in [-0.3, -0.25) is 18.6 Å². The van der Waals surface area contributed by atoms with Crippen molar-refractivity contribution < 1.29 is 18.0 Å². The zero-order valence-corrected chi connectivity index (χ0v) is 19.7. The van der Waals surface area contributed by atoms with Crippen LogP contribution in [0.4, 0.5) is 18.9 Å². The van der Waals surface area contributed by atoms with Crippen LogP contribution in [0.2, 0.25) is 0 Å². The number of nitriles is 1. The van der Waals surface area contributed by atoms with Crippen LogP contribution in [0.25, 0.3) is 0 Å². The highest BCUT2D eigenvalue weighted by Crippen LogP contribution is 2.23. The number of anilines is 1. The molecule has 0 spiro atoms. The van der Waals surface area contributed by atoms with E-state index in [1.807, 2.05) is 6.07 Å². The third kappa shape index (κ3) is 9.73. The monoisotopic (exact) mass is 463 g/mol. The van der Waals surface area contributed by atoms with Crippen LogP contribution < -0.4 is 11.1 Å². The first-order valence-electron chi connectivity index (χ1n) is 10.3. The van der Waals surface area contributed by atoms with Gasteiger partial charge in [-0.05, 0) is 61.1 Å². The number of aliphatic imine (C=N–C) groups is 1. The molecule has 0 aliphatic heterocycles. The van der Waals surface area contributed by atoms with Crippen molar-refractivity contribution in [1.82, 2.24) is 4.98 Å². The molecule has 0 saturated carbocycles. The molecule has 33 heavy (non-hydrogen) atoms. The Kier molecular flexibility index (Phi) is 14.6. The lowest BCUT2D eigenvalue weighted by atomic mass is 9.88. The predicted molar refractivity (Wildman–Crippen MR) is 126 cm³/mol. The van der Waals surface area contributed by atoms with Gasteiger partial charge in [0.15, 0.2) is 0 Å². The molecular formula is C24H32F3N5O. The van der Waals surface area contributed by atoms with Gasteiger partial charge >= 0.3 is 0 Å². The summed E-state index contributed by atoms with van der Waals surface area (Å²) in [6.45, 7) is 4.11. The summed E-state index contributed by atoms with van der Waals surface area (Å²) >= 11 is 0. The minimum atomic E-state index is -0.418. The van der Waals surface area contributed by atoms with Crippen LogP contribution in [0.3, 0.4) is 0 Å². The molecule has 0 radical (unpaired) electrons. The topological polar surface area (TPSA) is 104 Å². The summed E-state index contributed by atoms with van der Waals surface area (Å²) in [6.07, 6.45) is 3.55. The highest BCUT2D eigenvalue weighted by molar-refractivity contribution is 6.02. The number of amides is 1. The molecule has 0 aliphatic carbocycles. The molecule has 6 nitrogen and oxygen atoms in total. The van der Waals surface area contributed by atoms with Gasteiger partial charge in [0.05, 0.1) is 25.8 Å². The van der Waals surface area contributed by atoms with Crippen LogP contribution in [0.5, 0.6) is 0 Å². The minimum Gasteiger partial charge on any atom is -0.387 e. The molecule has 0 fully saturated rings. The molecule has 1 amide bonds. The number of amidine groups is 1. The van der Waals surface area contributed by atoms with E-state index in [0.29, 0.717) is 43.4 Å². The SMILES string of the molecule is CCC(C[C@H](C)Cc1cc(NC(=O)c2ccc(C#N)cn2)ccc1F)C(N)=NC.CF.CF. The van der Waals surface area contributed by atoms with Crippen LogP contribution in [0, 0.1) is 29.0 Å². The van der Waals surface area contributed by atoms with E-state index in [9.17, 15) is 18.0 Å². The van der Waals surface area contributed by atoms with E-state index in [1.54, 1.807) is 13.1 Å². The minimum absolute atomic E-state index is 0.170. The number of alkyl halides is 2. The van der Waals surface area contributed by atoms with E-state index in [0.717, 1.165) is 12.8 Å². The summed E-state index contributed by atoms with van der Waals surface area (Å²) in [7, 11) is 2.68. The number of hydrogen-bond acceptors (Lipinski definition) is 4. The maximum Gasteiger partial charge on any atom is 0.274 e. The second-order valence-electron chi connectivity index (χ2n) is 7.10. The first kappa shape index (κ1) is 29.6. The van der Waals surface area contributed by atoms with E-state index in [-0.39, 0.29) is 23.3 Å². The fourth-order valence-corrected chi connectivity index (χ4v) is 3.22. The van der Waals surface area contributed by atoms with Gasteiger partial charge in [0, 0.05) is 24.8 Å². The molecule has 2 aromatic rings. The number of nitrogens with two attached hydrogens (primary N) is 1. The van der Waals surface area contributed by atoms with Crippen molar-refractivity contribution in [3.63, 3.8) is 0 Å². The van der Waals surface area contributed by atoms with Crippen molar-refractivity contribution in [2.75, 3.05) is 26.7 Å². The summed E-state index contributed by atoms with van der Waals surface area (Å²) < 4.78 is 33.3. The van der Waals surface area contributed by atoms with E-state index < -0.39 is 5.91 Å². The quantitative estimate of drug-likeness (QED) is 0.420. The zero-order chi connectivity index (χ0) is 25.4. The normalized spacial score (nSPS) is 12.2. The first-order chi connectivity index (χ1) is 15.9. The molecule has 3 N–H and O–H groups in total. The van der Waals surface area contributed by atoms with Gasteiger partial charge < -0.3 is 11.1 Å². The van der Waals surface area contributed by atoms with Gasteiger partial charge in [-0.1, -0.05) is 13.8 Å². The summed E-state index contributed by atoms with van der Waals surface area (Å²) in [5.74, 6) is 0.259. The Morgan fingerprint density at radius 1 is 1.24 bits per heavy atom. The lowest BCUT2D eigenvalue weighted by Crippen LogP contribution is -2.25. The van der Waals surface area contributed by atoms with Gasteiger partial charge in [-0.15, -0.1) is 0 Å². The van der Waals surface area contributed by atoms with Gasteiger partial charge in [0.2, 0.25) is 0 Å². The van der Waals surface area contributed by atoms with Crippen molar-refractivity contribution in [3.8, 4) is 6.07 Å². The lowest BCUT2D eigenvalue weighted by molar-refractivity contribution is 0.102. The Hall–Kier alpha value is -3.41. The molecule has 1 aromatic heterocycles. The maximum atomic E-state index is 14.3. The summed E-state index contributed by atoms with van der Waals surface area (Å²) in [4.78, 5) is 20.4. The number of rotatable bonds is 8. The molecule has 1 unspecified atom stereocenters. The highest BCUT2D eigenvalue weighted by atomic mass is 19.1. The standard InChI is InChI=1S/C22H26FN5O.2CH3F/c1-4-16(21(25)26-3)9-14(2)10-17-11-18(6-7-19(17)23)28-22(29)20-8-5-15(12-24)13-27-20;2*1-2/h5-8,11,13-14,16H,4,9-10H2,1-3H3,(H2,25,26)(H,28,29);2*1H3/t14-,16?;;/m0../s1. The van der Waals surface area contributed by atoms with Crippen molar-refractivity contribution >= 4 is 17.4 Å². The number of halogens is 3. The number of nitrogens with one attached hydrogen (secondary N) is 1. The largest absolute Gasteiger partial charge is 0.387 e. The van der Waals surface area contributed by atoms with Crippen LogP contribution in [0.1, 0.15) is 48.3 Å². The lowest BCUT2D eigenvalue weighted by Gasteiger charge is -2.20. The smallest absolute Gasteiger partial charge is 0.274 e. The van der Waals surface area contributed by atoms with Gasteiger partial charge in [0.25, 0.3) is 5.91 Å². The third-order valence-electron chi connectivity index (χ3n) is 4.85. The van der Waals surface area contributed by atoms with Crippen molar-refractivity contribution in [1.29, 1.82) is 5.26 Å². The number of aromatic nitrogens is 1. The molecule has 2 rings (SSSR count). The van der Waals surface area contributed by atoms with Crippen molar-refractivity contribution in [2.24, 2.45) is 22.6 Å². The Labute approximate surface area is 193 Å². The van der Waals surface area contributed by atoms with Gasteiger partial charge in [-0.2, -0.15) is 5.26 Å². The summed E-state index contributed by atoms with van der Waals surface area (Å²) in [5, 5.41) is 11.5. The Bertz CT molecular complexity index is 927. The van der Waals surface area contributed by atoms with Crippen LogP contribution in [-0.4, -0.2) is 38.1 Å². The average Bonchev–Trinajstić information content (AvgIpc) is 2.86. The average molecular weight is 464 g/mol. The number of benzene rings is 1. The Balaban J connectivity index is 0.00000242. The predicted octanol–water partition coefficient (Wildman–Crippen LogP) is 5.10. The van der Waals surface area contributed by atoms with Crippen LogP contribution in [-0.2, 0) is 6.42 Å². The maximum absolute atomic E-state index is 14.3. The molecule has 1 aromatic carbocycles. The number of carbonyl (C=O) groups excluding carboxylic acids is 1. The number of nitrogens with zero attached hydrogens (tertiary/aromatic N) is 3. The number of carbonyl (C=O) groups is 1. The molecule has 0 saturated heterocycles. The Morgan fingerprint density at radius 2 is 1.91 bits per heavy atom. The van der Waals surface area contributed by atoms with Crippen molar-refractivity contribution in [2.45, 2.75) is 33.1 Å². The molecule has 1 heterocycles. The molecule has 0 aliphatic rings. The second-order valence-corrected chi connectivity index (χ2v) is 7.10. The number of hydrogen-bond donors (Lipinski definition) is 2. The first-order valence-corrected chi connectivity index (χ1v) is 10.3. The van der Waals surface area contributed by atoms with Crippen molar-refractivity contribution in [3.05, 3.63) is 59.2 Å². The van der Waals surface area contributed by atoms with Crippen LogP contribution in [0.15, 0.2) is 41.5 Å². The molecule has 9 heteroatoms. The second kappa shape index (κ2) is 16.3. The third-order valence-corrected chi connectivity index (χ3v) is 4.85. The van der Waals surface area contributed by atoms with E-state index in [1.165, 1.54) is 30.5 Å². The summed E-state index contributed by atoms with van der Waals surface area (Å²) in [5.41, 5.74) is 7.54. The van der Waals surface area contributed by atoms with Gasteiger partial charge in [-0.25, -0.2) is 9.37 Å². The van der Waals surface area contributed by atoms with Crippen LogP contribution >= 0.6 is 0 Å². The van der Waals surface area contributed by atoms with E-state index in [2.05, 4.69) is 29.1 Å². The summed E-state index contributed by atoms with van der Waals surface area (Å²) in [6, 6.07) is 9.46. The molecule has 2 atom stereocenters. The van der Waals surface area contributed by atoms with Gasteiger partial charge in [0.1, 0.15) is 17.6 Å². The number of pyridine rings is 1. The molecule has 0 bridgehead atoms. The molecule has 180 valence electrons. The zero-order valence-electron chi connectivity index (χ0n) is 19.7.